The van der Waals surface area contributed by atoms with Crippen molar-refractivity contribution < 1.29 is 0 Å². The average Bonchev–Trinajstić information content (AvgIpc) is 3.68. The van der Waals surface area contributed by atoms with Gasteiger partial charge in [-0.15, -0.1) is 0 Å². The molecule has 4 aromatic rings. The fourth-order valence-corrected chi connectivity index (χ4v) is 20.4. The van der Waals surface area contributed by atoms with Crippen LogP contribution in [0.1, 0.15) is 76.3 Å². The van der Waals surface area contributed by atoms with E-state index in [2.05, 4.69) is 103 Å². The van der Waals surface area contributed by atoms with Crippen LogP contribution in [0.5, 0.6) is 0 Å². The van der Waals surface area contributed by atoms with E-state index in [0.717, 1.165) is 0 Å². The van der Waals surface area contributed by atoms with Crippen molar-refractivity contribution in [3.63, 3.8) is 0 Å². The van der Waals surface area contributed by atoms with Crippen molar-refractivity contribution in [2.45, 2.75) is 108 Å². The molecular weight excluding hydrogens is 774 g/mol. The van der Waals surface area contributed by atoms with Gasteiger partial charge in [-0.1, -0.05) is 0 Å². The Bertz CT molecular complexity index is 1250. The second-order valence-corrected chi connectivity index (χ2v) is 48.5. The molecule has 0 aliphatic carbocycles. The molecule has 0 saturated carbocycles. The Labute approximate surface area is 269 Å². The third-order valence-corrected chi connectivity index (χ3v) is 31.5. The van der Waals surface area contributed by atoms with Crippen LogP contribution in [0.25, 0.3) is 29.3 Å². The third kappa shape index (κ3) is 8.74. The number of hydrogen-bond acceptors (Lipinski definition) is 4. The number of rotatable bonds is 15. The van der Waals surface area contributed by atoms with E-state index in [-0.39, 0.29) is 0 Å². The van der Waals surface area contributed by atoms with Crippen molar-refractivity contribution in [1.29, 1.82) is 0 Å². The summed E-state index contributed by atoms with van der Waals surface area (Å²) in [5.41, 5.74) is 3.24. The van der Waals surface area contributed by atoms with E-state index in [9.17, 15) is 0 Å². The van der Waals surface area contributed by atoms with Crippen molar-refractivity contribution >= 4 is 87.9 Å². The molecule has 4 aromatic heterocycles. The molecule has 0 saturated heterocycles. The van der Waals surface area contributed by atoms with Crippen LogP contribution < -0.4 is 5.79 Å². The first kappa shape index (κ1) is 33.3. The van der Waals surface area contributed by atoms with Crippen molar-refractivity contribution in [1.82, 2.24) is 0 Å². The van der Waals surface area contributed by atoms with Gasteiger partial charge in [0.2, 0.25) is 0 Å². The summed E-state index contributed by atoms with van der Waals surface area (Å²) < 4.78 is 3.46. The first-order valence-electron chi connectivity index (χ1n) is 15.5. The van der Waals surface area contributed by atoms with Crippen LogP contribution in [0.2, 0.25) is 29.6 Å². The van der Waals surface area contributed by atoms with Gasteiger partial charge in [-0.3, -0.25) is 0 Å². The number of thiophene rings is 4. The molecule has 6 heteroatoms. The minimum atomic E-state index is -2.11. The number of unbranched alkanes of at least 4 members (excludes halogenated alkanes) is 6. The summed E-state index contributed by atoms with van der Waals surface area (Å²) >= 11 is 4.08. The molecule has 4 heterocycles. The van der Waals surface area contributed by atoms with Gasteiger partial charge in [0, 0.05) is 0 Å². The zero-order valence-electron chi connectivity index (χ0n) is 26.2. The molecule has 4 rings (SSSR count). The molecule has 0 bridgehead atoms. The Morgan fingerprint density at radius 1 is 0.475 bits per heavy atom. The molecule has 0 atom stereocenters. The van der Waals surface area contributed by atoms with E-state index in [4.69, 9.17) is 0 Å². The van der Waals surface area contributed by atoms with Crippen LogP contribution in [-0.4, -0.2) is 36.8 Å². The molecular formula is C34H50S4Sn2. The number of aryl methyl sites for hydroxylation is 2. The molecule has 0 aromatic carbocycles. The Morgan fingerprint density at radius 3 is 1.20 bits per heavy atom. The Kier molecular flexibility index (Phi) is 12.4. The average molecular weight is 824 g/mol. The predicted octanol–water partition coefficient (Wildman–Crippen LogP) is 12.3. The second kappa shape index (κ2) is 14.9. The van der Waals surface area contributed by atoms with E-state index in [0.29, 0.717) is 0 Å². The van der Waals surface area contributed by atoms with Gasteiger partial charge in [-0.05, 0) is 0 Å². The van der Waals surface area contributed by atoms with Gasteiger partial charge >= 0.3 is 272 Å². The van der Waals surface area contributed by atoms with Crippen LogP contribution in [0, 0.1) is 0 Å². The summed E-state index contributed by atoms with van der Waals surface area (Å²) in [6.45, 7) is 4.62. The first-order valence-corrected chi connectivity index (χ1v) is 38.7. The minimum absolute atomic E-state index is 1.24. The quantitative estimate of drug-likeness (QED) is 0.0828. The Balaban J connectivity index is 1.60. The topological polar surface area (TPSA) is 0 Å². The van der Waals surface area contributed by atoms with E-state index < -0.39 is 36.8 Å². The van der Waals surface area contributed by atoms with E-state index in [1.807, 2.05) is 22.7 Å². The van der Waals surface area contributed by atoms with Gasteiger partial charge in [0.15, 0.2) is 0 Å². The summed E-state index contributed by atoms with van der Waals surface area (Å²) in [6.07, 6.45) is 13.2. The van der Waals surface area contributed by atoms with Gasteiger partial charge in [0.25, 0.3) is 0 Å². The Morgan fingerprint density at radius 2 is 0.850 bits per heavy atom. The molecule has 218 valence electrons. The third-order valence-electron chi connectivity index (χ3n) is 7.60. The molecule has 0 spiro atoms. The molecule has 0 fully saturated rings. The summed E-state index contributed by atoms with van der Waals surface area (Å²) in [4.78, 5) is 24.4. The summed E-state index contributed by atoms with van der Waals surface area (Å²) in [6, 6.07) is 14.8. The van der Waals surface area contributed by atoms with Gasteiger partial charge in [0.05, 0.1) is 0 Å². The molecule has 0 aliphatic rings. The van der Waals surface area contributed by atoms with Gasteiger partial charge in [-0.2, -0.15) is 0 Å². The van der Waals surface area contributed by atoms with Crippen LogP contribution in [0.4, 0.5) is 0 Å². The maximum atomic E-state index is 2.61. The van der Waals surface area contributed by atoms with Gasteiger partial charge in [0.1, 0.15) is 0 Å². The maximum absolute atomic E-state index is 2.61. The van der Waals surface area contributed by atoms with Gasteiger partial charge < -0.3 is 0 Å². The fourth-order valence-electron chi connectivity index (χ4n) is 5.05. The van der Waals surface area contributed by atoms with E-state index in [1.54, 1.807) is 26.7 Å². The fraction of sp³-hybridized carbons (Fsp3) is 0.529. The summed E-state index contributed by atoms with van der Waals surface area (Å²) in [7, 11) is 0. The molecule has 0 aliphatic heterocycles. The van der Waals surface area contributed by atoms with E-state index in [1.165, 1.54) is 83.7 Å². The zero-order valence-corrected chi connectivity index (χ0v) is 35.1. The summed E-state index contributed by atoms with van der Waals surface area (Å²) in [5.74, 6) is 0. The second-order valence-electron chi connectivity index (χ2n) is 13.4. The first-order chi connectivity index (χ1) is 19.0. The van der Waals surface area contributed by atoms with Crippen molar-refractivity contribution in [3.8, 4) is 29.3 Å². The zero-order chi connectivity index (χ0) is 28.9. The SMILES string of the molecule is CCCCCCc1c[c]([Sn]([CH3])([CH3])[CH3])sc1-c1ccc(-c2ccc(-c3s[c]([Sn]([CH3])([CH3])[CH3])cc3CCCCCC)s2)s1. The predicted molar refractivity (Wildman–Crippen MR) is 196 cm³/mol. The number of hydrogen-bond donors (Lipinski definition) is 0. The van der Waals surface area contributed by atoms with Crippen molar-refractivity contribution in [2.24, 2.45) is 0 Å². The van der Waals surface area contributed by atoms with E-state index >= 15 is 0 Å². The van der Waals surface area contributed by atoms with Crippen molar-refractivity contribution in [2.75, 3.05) is 0 Å². The molecule has 0 amide bonds. The monoisotopic (exact) mass is 826 g/mol. The molecule has 0 unspecified atom stereocenters. The normalized spacial score (nSPS) is 12.5. The molecule has 0 N–H and O–H groups in total. The van der Waals surface area contributed by atoms with Crippen LogP contribution >= 0.6 is 45.3 Å². The molecule has 40 heavy (non-hydrogen) atoms. The Hall–Kier alpha value is 0.397. The van der Waals surface area contributed by atoms with Crippen LogP contribution in [0.3, 0.4) is 0 Å². The standard InChI is InChI=1S/C28H32S4.6CH3.2Sn/c1-3-5-7-9-11-21-17-19-29-27(21)25-15-13-23(31-25)24-14-16-26(32-24)28-22(18-20-30-28)12-10-8-6-4-2;;;;;;;;/h13-18H,3-12H2,1-2H3;6*1H3;;. The van der Waals surface area contributed by atoms with Crippen molar-refractivity contribution in [3.05, 3.63) is 47.5 Å². The molecule has 0 radical (unpaired) electrons. The van der Waals surface area contributed by atoms with Crippen LogP contribution in [-0.2, 0) is 12.8 Å². The molecule has 0 nitrogen and oxygen atoms in total. The summed E-state index contributed by atoms with van der Waals surface area (Å²) in [5, 5.41) is 0. The van der Waals surface area contributed by atoms with Gasteiger partial charge in [-0.25, -0.2) is 0 Å². The van der Waals surface area contributed by atoms with Crippen LogP contribution in [0.15, 0.2) is 36.4 Å².